The van der Waals surface area contributed by atoms with E-state index in [0.29, 0.717) is 0 Å². The molecule has 0 heterocycles. The minimum Gasteiger partial charge on any atom is -0.389 e. The van der Waals surface area contributed by atoms with Gasteiger partial charge in [0.2, 0.25) is 5.91 Å². The van der Waals surface area contributed by atoms with Crippen LogP contribution < -0.4 is 10.2 Å². The van der Waals surface area contributed by atoms with Crippen molar-refractivity contribution in [1.29, 1.82) is 0 Å². The number of aliphatic hydroxyl groups is 1. The molecule has 0 saturated heterocycles. The summed E-state index contributed by atoms with van der Waals surface area (Å²) in [4.78, 5) is 13.6. The summed E-state index contributed by atoms with van der Waals surface area (Å²) in [6.45, 7) is 5.84. The molecule has 2 N–H and O–H groups in total. The monoisotopic (exact) mass is 328 g/mol. The van der Waals surface area contributed by atoms with Crippen molar-refractivity contribution >= 4 is 27.5 Å². The van der Waals surface area contributed by atoms with Gasteiger partial charge in [0.15, 0.2) is 0 Å². The zero-order valence-corrected chi connectivity index (χ0v) is 13.4. The number of anilines is 1. The van der Waals surface area contributed by atoms with Gasteiger partial charge in [-0.2, -0.15) is 0 Å². The number of benzene rings is 1. The lowest BCUT2D eigenvalue weighted by Crippen LogP contribution is -2.38. The minimum atomic E-state index is -0.580. The third kappa shape index (κ3) is 4.84. The Balaban J connectivity index is 2.87. The zero-order chi connectivity index (χ0) is 14.6. The lowest BCUT2D eigenvalue weighted by Gasteiger charge is -2.24. The maximum atomic E-state index is 11.8. The first-order chi connectivity index (χ1) is 8.81. The molecular formula is C14H21BrN2O2. The molecule has 0 bridgehead atoms. The number of amides is 1. The molecule has 106 valence electrons. The topological polar surface area (TPSA) is 52.6 Å². The second kappa shape index (κ2) is 6.91. The van der Waals surface area contributed by atoms with Gasteiger partial charge in [0.05, 0.1) is 12.6 Å². The predicted molar refractivity (Wildman–Crippen MR) is 81.3 cm³/mol. The van der Waals surface area contributed by atoms with Gasteiger partial charge in [-0.25, -0.2) is 0 Å². The molecule has 0 aliphatic rings. The van der Waals surface area contributed by atoms with Gasteiger partial charge in [-0.1, -0.05) is 15.9 Å². The summed E-state index contributed by atoms with van der Waals surface area (Å²) >= 11 is 3.39. The molecule has 19 heavy (non-hydrogen) atoms. The fourth-order valence-electron chi connectivity index (χ4n) is 1.88. The highest BCUT2D eigenvalue weighted by atomic mass is 79.9. The van der Waals surface area contributed by atoms with Crippen molar-refractivity contribution in [2.75, 3.05) is 18.5 Å². The van der Waals surface area contributed by atoms with Gasteiger partial charge in [0.25, 0.3) is 0 Å². The summed E-state index contributed by atoms with van der Waals surface area (Å²) in [7, 11) is 1.84. The lowest BCUT2D eigenvalue weighted by atomic mass is 10.1. The van der Waals surface area contributed by atoms with Crippen molar-refractivity contribution < 1.29 is 9.90 Å². The van der Waals surface area contributed by atoms with Crippen molar-refractivity contribution in [1.82, 2.24) is 5.32 Å². The van der Waals surface area contributed by atoms with Crippen LogP contribution in [0.25, 0.3) is 0 Å². The first-order valence-corrected chi connectivity index (χ1v) is 7.08. The molecule has 0 saturated carbocycles. The highest BCUT2D eigenvalue weighted by molar-refractivity contribution is 9.10. The highest BCUT2D eigenvalue weighted by Crippen LogP contribution is 2.28. The van der Waals surface area contributed by atoms with E-state index in [1.807, 2.05) is 44.0 Å². The van der Waals surface area contributed by atoms with Crippen molar-refractivity contribution in [3.05, 3.63) is 28.2 Å². The van der Waals surface area contributed by atoms with E-state index in [2.05, 4.69) is 21.2 Å². The summed E-state index contributed by atoms with van der Waals surface area (Å²) in [6.07, 6.45) is -0.580. The van der Waals surface area contributed by atoms with Crippen LogP contribution in [0.3, 0.4) is 0 Å². The summed E-state index contributed by atoms with van der Waals surface area (Å²) < 4.78 is 0.909. The average molecular weight is 329 g/mol. The molecule has 0 aliphatic carbocycles. The zero-order valence-electron chi connectivity index (χ0n) is 11.8. The van der Waals surface area contributed by atoms with E-state index in [1.165, 1.54) is 0 Å². The van der Waals surface area contributed by atoms with Crippen molar-refractivity contribution in [3.63, 3.8) is 0 Å². The molecule has 0 spiro atoms. The summed E-state index contributed by atoms with van der Waals surface area (Å²) in [6, 6.07) is 5.80. The van der Waals surface area contributed by atoms with Crippen LogP contribution in [0.5, 0.6) is 0 Å². The molecule has 1 atom stereocenters. The summed E-state index contributed by atoms with van der Waals surface area (Å²) in [5, 5.41) is 12.7. The fourth-order valence-corrected chi connectivity index (χ4v) is 2.25. The van der Waals surface area contributed by atoms with Gasteiger partial charge in [0, 0.05) is 28.8 Å². The second-order valence-corrected chi connectivity index (χ2v) is 5.87. The molecule has 1 amide bonds. The minimum absolute atomic E-state index is 0.0306. The highest BCUT2D eigenvalue weighted by Gasteiger charge is 2.14. The molecule has 1 aromatic rings. The van der Waals surface area contributed by atoms with E-state index >= 15 is 0 Å². The van der Waals surface area contributed by atoms with E-state index in [0.717, 1.165) is 15.7 Å². The number of hydrogen-bond donors (Lipinski definition) is 2. The standard InChI is InChI=1S/C14H21BrN2O2/c1-9(2)16-14(19)8-17(4)13-6-5-11(15)7-12(13)10(3)18/h5-7,9-10,18H,8H2,1-4H3,(H,16,19). The molecule has 4 nitrogen and oxygen atoms in total. The van der Waals surface area contributed by atoms with Gasteiger partial charge >= 0.3 is 0 Å². The molecule has 0 fully saturated rings. The Labute approximate surface area is 122 Å². The van der Waals surface area contributed by atoms with E-state index < -0.39 is 6.10 Å². The Hall–Kier alpha value is -1.07. The number of hydrogen-bond acceptors (Lipinski definition) is 3. The third-order valence-corrected chi connectivity index (χ3v) is 3.17. The van der Waals surface area contributed by atoms with E-state index in [1.54, 1.807) is 6.92 Å². The molecule has 0 aromatic heterocycles. The molecule has 1 aromatic carbocycles. The summed E-state index contributed by atoms with van der Waals surface area (Å²) in [5.41, 5.74) is 1.66. The largest absolute Gasteiger partial charge is 0.389 e. The molecule has 0 radical (unpaired) electrons. The Morgan fingerprint density at radius 3 is 2.58 bits per heavy atom. The SMILES string of the molecule is CC(C)NC(=O)CN(C)c1ccc(Br)cc1C(C)O. The third-order valence-electron chi connectivity index (χ3n) is 2.68. The van der Waals surface area contributed by atoms with Crippen LogP contribution in [-0.2, 0) is 4.79 Å². The van der Waals surface area contributed by atoms with Crippen LogP contribution in [0.4, 0.5) is 5.69 Å². The normalized spacial score (nSPS) is 12.4. The van der Waals surface area contributed by atoms with Crippen molar-refractivity contribution in [3.8, 4) is 0 Å². The number of nitrogens with zero attached hydrogens (tertiary/aromatic N) is 1. The Morgan fingerprint density at radius 1 is 1.42 bits per heavy atom. The number of likely N-dealkylation sites (N-methyl/N-ethyl adjacent to an activating group) is 1. The number of nitrogens with one attached hydrogen (secondary N) is 1. The predicted octanol–water partition coefficient (Wildman–Crippen LogP) is 2.46. The molecule has 0 aliphatic heterocycles. The number of aliphatic hydroxyl groups excluding tert-OH is 1. The fraction of sp³-hybridized carbons (Fsp3) is 0.500. The summed E-state index contributed by atoms with van der Waals surface area (Å²) in [5.74, 6) is -0.0306. The first-order valence-electron chi connectivity index (χ1n) is 6.29. The Kier molecular flexibility index (Phi) is 5.82. The van der Waals surface area contributed by atoms with Gasteiger partial charge in [-0.05, 0) is 39.0 Å². The maximum absolute atomic E-state index is 11.8. The van der Waals surface area contributed by atoms with Gasteiger partial charge in [-0.3, -0.25) is 4.79 Å². The van der Waals surface area contributed by atoms with Gasteiger partial charge in [-0.15, -0.1) is 0 Å². The van der Waals surface area contributed by atoms with Crippen LogP contribution >= 0.6 is 15.9 Å². The van der Waals surface area contributed by atoms with Crippen LogP contribution in [-0.4, -0.2) is 30.6 Å². The number of carbonyl (C=O) groups is 1. The number of carbonyl (C=O) groups excluding carboxylic acids is 1. The number of rotatable bonds is 5. The van der Waals surface area contributed by atoms with Crippen LogP contribution in [0.1, 0.15) is 32.4 Å². The maximum Gasteiger partial charge on any atom is 0.239 e. The molecule has 1 rings (SSSR count). The smallest absolute Gasteiger partial charge is 0.239 e. The lowest BCUT2D eigenvalue weighted by molar-refractivity contribution is -0.120. The van der Waals surface area contributed by atoms with Crippen LogP contribution in [0, 0.1) is 0 Å². The van der Waals surface area contributed by atoms with Crippen molar-refractivity contribution in [2.24, 2.45) is 0 Å². The van der Waals surface area contributed by atoms with E-state index in [4.69, 9.17) is 0 Å². The molecule has 5 heteroatoms. The van der Waals surface area contributed by atoms with E-state index in [-0.39, 0.29) is 18.5 Å². The van der Waals surface area contributed by atoms with Crippen LogP contribution in [0.2, 0.25) is 0 Å². The molecule has 1 unspecified atom stereocenters. The first kappa shape index (κ1) is 16.0. The Morgan fingerprint density at radius 2 is 2.05 bits per heavy atom. The quantitative estimate of drug-likeness (QED) is 0.873. The molecular weight excluding hydrogens is 308 g/mol. The van der Waals surface area contributed by atoms with Gasteiger partial charge < -0.3 is 15.3 Å². The number of halogens is 1. The van der Waals surface area contributed by atoms with E-state index in [9.17, 15) is 9.90 Å². The Bertz CT molecular complexity index is 447. The average Bonchev–Trinajstić information content (AvgIpc) is 2.27. The van der Waals surface area contributed by atoms with Gasteiger partial charge in [0.1, 0.15) is 0 Å². The van der Waals surface area contributed by atoms with Crippen molar-refractivity contribution in [2.45, 2.75) is 32.9 Å². The van der Waals surface area contributed by atoms with Crippen LogP contribution in [0.15, 0.2) is 22.7 Å². The second-order valence-electron chi connectivity index (χ2n) is 4.96.